The molecule has 1 aliphatic rings. The third kappa shape index (κ3) is 3.87. The number of aliphatic hydroxyl groups excluding tert-OH is 1. The first kappa shape index (κ1) is 20.0. The van der Waals surface area contributed by atoms with E-state index >= 15 is 0 Å². The van der Waals surface area contributed by atoms with Crippen molar-refractivity contribution in [3.05, 3.63) is 54.6 Å². The van der Waals surface area contributed by atoms with Crippen LogP contribution in [0.4, 0.5) is 27.7 Å². The number of nitrogens with zero attached hydrogens (tertiary/aromatic N) is 4. The first-order valence-electron chi connectivity index (χ1n) is 10.3. The summed E-state index contributed by atoms with van der Waals surface area (Å²) in [6, 6.07) is 9.82. The van der Waals surface area contributed by atoms with Crippen molar-refractivity contribution in [1.29, 1.82) is 0 Å². The number of halogens is 1. The summed E-state index contributed by atoms with van der Waals surface area (Å²) >= 11 is 0. The highest BCUT2D eigenvalue weighted by atomic mass is 19.1. The van der Waals surface area contributed by atoms with Gasteiger partial charge in [0.15, 0.2) is 11.6 Å². The zero-order chi connectivity index (χ0) is 22.1. The number of nitrogens with one attached hydrogen (secondary N) is 2. The summed E-state index contributed by atoms with van der Waals surface area (Å²) in [5.74, 6) is 1.24. The van der Waals surface area contributed by atoms with E-state index in [0.29, 0.717) is 28.7 Å². The molecule has 3 aromatic heterocycles. The maximum Gasteiger partial charge on any atom is 0.223 e. The zero-order valence-corrected chi connectivity index (χ0v) is 17.1. The van der Waals surface area contributed by atoms with Crippen molar-refractivity contribution < 1.29 is 14.2 Å². The molecule has 5 N–H and O–H groups in total. The number of hydrogen-bond donors (Lipinski definition) is 4. The summed E-state index contributed by atoms with van der Waals surface area (Å²) in [5.41, 5.74) is 7.04. The molecule has 10 heteroatoms. The number of H-pyrrole nitrogens is 1. The quantitative estimate of drug-likeness (QED) is 0.362. The Morgan fingerprint density at radius 2 is 2.12 bits per heavy atom. The molecule has 0 amide bonds. The van der Waals surface area contributed by atoms with Crippen LogP contribution < -0.4 is 20.7 Å². The summed E-state index contributed by atoms with van der Waals surface area (Å²) in [4.78, 5) is 17.7. The van der Waals surface area contributed by atoms with Crippen LogP contribution in [0.1, 0.15) is 12.8 Å². The number of pyridine rings is 1. The zero-order valence-electron chi connectivity index (χ0n) is 17.1. The Balaban J connectivity index is 1.36. The van der Waals surface area contributed by atoms with Crippen molar-refractivity contribution in [1.82, 2.24) is 19.9 Å². The summed E-state index contributed by atoms with van der Waals surface area (Å²) in [5, 5.41) is 13.4. The minimum atomic E-state index is -0.530. The van der Waals surface area contributed by atoms with Crippen LogP contribution in [0.2, 0.25) is 0 Å². The maximum absolute atomic E-state index is 14.8. The number of anilines is 4. The Bertz CT molecular complexity index is 1260. The second-order valence-electron chi connectivity index (χ2n) is 7.56. The molecule has 5 rings (SSSR count). The highest BCUT2D eigenvalue weighted by Gasteiger charge is 2.25. The van der Waals surface area contributed by atoms with Crippen molar-refractivity contribution in [2.75, 3.05) is 29.1 Å². The molecular formula is C22H22FN7O2. The third-order valence-corrected chi connectivity index (χ3v) is 5.46. The van der Waals surface area contributed by atoms with Crippen LogP contribution in [0.15, 0.2) is 48.8 Å². The number of nitrogens with two attached hydrogens (primary N) is 1. The van der Waals surface area contributed by atoms with E-state index in [-0.39, 0.29) is 24.3 Å². The largest absolute Gasteiger partial charge is 0.453 e. The fraction of sp³-hybridized carbons (Fsp3) is 0.227. The second-order valence-corrected chi connectivity index (χ2v) is 7.56. The maximum atomic E-state index is 14.8. The van der Waals surface area contributed by atoms with Crippen LogP contribution in [-0.4, -0.2) is 44.2 Å². The average molecular weight is 435 g/mol. The van der Waals surface area contributed by atoms with Gasteiger partial charge in [0.05, 0.1) is 18.0 Å². The molecular weight excluding hydrogens is 413 g/mol. The Kier molecular flexibility index (Phi) is 5.20. The topological polar surface area (TPSA) is 125 Å². The molecule has 4 aromatic rings. The molecule has 0 aliphatic carbocycles. The van der Waals surface area contributed by atoms with Crippen LogP contribution >= 0.6 is 0 Å². The van der Waals surface area contributed by atoms with E-state index < -0.39 is 5.82 Å². The first-order chi connectivity index (χ1) is 15.6. The minimum Gasteiger partial charge on any atom is -0.453 e. The lowest BCUT2D eigenvalue weighted by atomic mass is 10.2. The van der Waals surface area contributed by atoms with Crippen molar-refractivity contribution in [2.24, 2.45) is 0 Å². The van der Waals surface area contributed by atoms with E-state index in [4.69, 9.17) is 10.5 Å². The molecule has 1 aromatic carbocycles. The molecule has 9 nitrogen and oxygen atoms in total. The van der Waals surface area contributed by atoms with Gasteiger partial charge in [-0.15, -0.1) is 0 Å². The molecule has 1 saturated heterocycles. The van der Waals surface area contributed by atoms with Crippen molar-refractivity contribution in [2.45, 2.75) is 18.9 Å². The average Bonchev–Trinajstić information content (AvgIpc) is 3.45. The number of ether oxygens (including phenoxy) is 1. The number of benzene rings is 1. The molecule has 0 unspecified atom stereocenters. The van der Waals surface area contributed by atoms with Crippen molar-refractivity contribution in [3.8, 4) is 11.5 Å². The number of rotatable bonds is 6. The van der Waals surface area contributed by atoms with Gasteiger partial charge in [0.2, 0.25) is 5.95 Å². The molecule has 0 bridgehead atoms. The van der Waals surface area contributed by atoms with Gasteiger partial charge in [0.25, 0.3) is 0 Å². The Labute approximate surface area is 183 Å². The predicted molar refractivity (Wildman–Crippen MR) is 120 cm³/mol. The lowest BCUT2D eigenvalue weighted by molar-refractivity contribution is 0.266. The van der Waals surface area contributed by atoms with Gasteiger partial charge < -0.3 is 30.8 Å². The minimum absolute atomic E-state index is 0.00528. The summed E-state index contributed by atoms with van der Waals surface area (Å²) in [6.45, 7) is 0.830. The summed E-state index contributed by atoms with van der Waals surface area (Å²) in [7, 11) is 0. The lowest BCUT2D eigenvalue weighted by Gasteiger charge is -2.24. The monoisotopic (exact) mass is 435 g/mol. The van der Waals surface area contributed by atoms with E-state index in [9.17, 15) is 9.50 Å². The van der Waals surface area contributed by atoms with Gasteiger partial charge >= 0.3 is 0 Å². The summed E-state index contributed by atoms with van der Waals surface area (Å²) in [6.07, 6.45) is 5.21. The Morgan fingerprint density at radius 3 is 2.97 bits per heavy atom. The standard InChI is InChI=1S/C22H22FN7O2/c23-16-10-13(3-4-18(16)32-17-6-8-26-21-15(17)5-7-25-21)27-19-11-20(29-22(24)28-19)30-9-1-2-14(30)12-31/h3-8,10-11,14,31H,1-2,9,12H2,(H,25,26)(H3,24,27,28,29)/t14-/m0/s1. The lowest BCUT2D eigenvalue weighted by Crippen LogP contribution is -2.33. The molecule has 0 radical (unpaired) electrons. The normalized spacial score (nSPS) is 15.9. The fourth-order valence-electron chi connectivity index (χ4n) is 3.94. The van der Waals surface area contributed by atoms with Gasteiger partial charge in [-0.05, 0) is 37.1 Å². The van der Waals surface area contributed by atoms with Crippen LogP contribution in [0.25, 0.3) is 11.0 Å². The van der Waals surface area contributed by atoms with Gasteiger partial charge in [-0.25, -0.2) is 9.37 Å². The number of aliphatic hydroxyl groups is 1. The van der Waals surface area contributed by atoms with E-state index in [1.807, 2.05) is 11.0 Å². The molecule has 0 spiro atoms. The predicted octanol–water partition coefficient (Wildman–Crippen LogP) is 3.57. The highest BCUT2D eigenvalue weighted by Crippen LogP contribution is 2.32. The number of nitrogen functional groups attached to an aromatic ring is 1. The second kappa shape index (κ2) is 8.31. The molecule has 0 saturated carbocycles. The first-order valence-corrected chi connectivity index (χ1v) is 10.3. The van der Waals surface area contributed by atoms with Crippen LogP contribution in [0.5, 0.6) is 11.5 Å². The highest BCUT2D eigenvalue weighted by molar-refractivity contribution is 5.82. The van der Waals surface area contributed by atoms with Gasteiger partial charge in [-0.1, -0.05) is 0 Å². The van der Waals surface area contributed by atoms with Gasteiger partial charge in [0, 0.05) is 36.8 Å². The molecule has 1 aliphatic heterocycles. The number of fused-ring (bicyclic) bond motifs is 1. The molecule has 1 atom stereocenters. The smallest absolute Gasteiger partial charge is 0.223 e. The van der Waals surface area contributed by atoms with Crippen LogP contribution in [0, 0.1) is 5.82 Å². The van der Waals surface area contributed by atoms with E-state index in [1.165, 1.54) is 6.07 Å². The Hall–Kier alpha value is -3.92. The van der Waals surface area contributed by atoms with E-state index in [2.05, 4.69) is 25.3 Å². The van der Waals surface area contributed by atoms with E-state index in [0.717, 1.165) is 24.8 Å². The SMILES string of the molecule is Nc1nc(Nc2ccc(Oc3ccnc4[nH]ccc34)c(F)c2)cc(N2CCC[C@H]2CO)n1. The van der Waals surface area contributed by atoms with Gasteiger partial charge in [0.1, 0.15) is 23.0 Å². The van der Waals surface area contributed by atoms with E-state index in [1.54, 1.807) is 36.7 Å². The van der Waals surface area contributed by atoms with Crippen molar-refractivity contribution >= 4 is 34.3 Å². The number of aromatic amines is 1. The van der Waals surface area contributed by atoms with Gasteiger partial charge in [-0.3, -0.25) is 0 Å². The number of aromatic nitrogens is 4. The Morgan fingerprint density at radius 1 is 1.22 bits per heavy atom. The van der Waals surface area contributed by atoms with Crippen molar-refractivity contribution in [3.63, 3.8) is 0 Å². The molecule has 164 valence electrons. The molecule has 1 fully saturated rings. The molecule has 4 heterocycles. The fourth-order valence-corrected chi connectivity index (χ4v) is 3.94. The van der Waals surface area contributed by atoms with Gasteiger partial charge in [-0.2, -0.15) is 9.97 Å². The summed E-state index contributed by atoms with van der Waals surface area (Å²) < 4.78 is 20.6. The van der Waals surface area contributed by atoms with Crippen LogP contribution in [0.3, 0.4) is 0 Å². The van der Waals surface area contributed by atoms with Crippen LogP contribution in [-0.2, 0) is 0 Å². The third-order valence-electron chi connectivity index (χ3n) is 5.46. The number of hydrogen-bond acceptors (Lipinski definition) is 8. The molecule has 32 heavy (non-hydrogen) atoms.